The molecule has 0 saturated heterocycles. The first-order valence-corrected chi connectivity index (χ1v) is 9.44. The van der Waals surface area contributed by atoms with Gasteiger partial charge in [-0.05, 0) is 55.3 Å². The Hall–Kier alpha value is -3.87. The SMILES string of the molecule is Cc1ccc(C2=C(Nc3cccc(F)c3)C(=O)N(c3cc(F)ccc3F)C2=O)c(C)c1. The van der Waals surface area contributed by atoms with Gasteiger partial charge in [0.15, 0.2) is 0 Å². The highest BCUT2D eigenvalue weighted by Gasteiger charge is 2.42. The monoisotopic (exact) mass is 422 g/mol. The van der Waals surface area contributed by atoms with Gasteiger partial charge in [-0.1, -0.05) is 29.8 Å². The fraction of sp³-hybridized carbons (Fsp3) is 0.0833. The third-order valence-corrected chi connectivity index (χ3v) is 4.98. The number of carbonyl (C=O) groups excluding carboxylic acids is 2. The standard InChI is InChI=1S/C24H17F3N2O2/c1-13-6-8-18(14(2)10-13)21-22(28-17-5-3-4-15(25)11-17)24(31)29(23(21)30)20-12-16(26)7-9-19(20)27/h3-12,28H,1-2H3. The van der Waals surface area contributed by atoms with E-state index in [1.165, 1.54) is 18.2 Å². The molecule has 0 radical (unpaired) electrons. The van der Waals surface area contributed by atoms with Crippen molar-refractivity contribution in [2.75, 3.05) is 10.2 Å². The lowest BCUT2D eigenvalue weighted by atomic mass is 9.97. The number of anilines is 2. The zero-order valence-corrected chi connectivity index (χ0v) is 16.7. The number of hydrogen-bond acceptors (Lipinski definition) is 3. The van der Waals surface area contributed by atoms with Gasteiger partial charge in [-0.3, -0.25) is 9.59 Å². The predicted molar refractivity (Wildman–Crippen MR) is 112 cm³/mol. The molecule has 4 rings (SSSR count). The zero-order valence-electron chi connectivity index (χ0n) is 16.7. The number of nitrogens with one attached hydrogen (secondary N) is 1. The van der Waals surface area contributed by atoms with Gasteiger partial charge in [0.25, 0.3) is 11.8 Å². The molecular weight excluding hydrogens is 405 g/mol. The molecule has 0 saturated carbocycles. The summed E-state index contributed by atoms with van der Waals surface area (Å²) in [5.74, 6) is -3.93. The van der Waals surface area contributed by atoms with Gasteiger partial charge < -0.3 is 5.32 Å². The molecule has 1 heterocycles. The lowest BCUT2D eigenvalue weighted by molar-refractivity contribution is -0.120. The molecule has 156 valence electrons. The predicted octanol–water partition coefficient (Wildman–Crippen LogP) is 5.12. The van der Waals surface area contributed by atoms with E-state index in [9.17, 15) is 22.8 Å². The largest absolute Gasteiger partial charge is 0.350 e. The molecule has 0 aromatic heterocycles. The number of carbonyl (C=O) groups is 2. The summed E-state index contributed by atoms with van der Waals surface area (Å²) in [4.78, 5) is 27.2. The van der Waals surface area contributed by atoms with Crippen LogP contribution >= 0.6 is 0 Å². The molecule has 0 spiro atoms. The average Bonchev–Trinajstić information content (AvgIpc) is 2.94. The molecule has 2 amide bonds. The van der Waals surface area contributed by atoms with Crippen LogP contribution in [0.25, 0.3) is 5.57 Å². The lowest BCUT2D eigenvalue weighted by Crippen LogP contribution is -2.33. The maximum atomic E-state index is 14.4. The van der Waals surface area contributed by atoms with Crippen molar-refractivity contribution < 1.29 is 22.8 Å². The molecule has 31 heavy (non-hydrogen) atoms. The van der Waals surface area contributed by atoms with E-state index in [1.807, 2.05) is 13.0 Å². The number of aryl methyl sites for hydroxylation is 2. The van der Waals surface area contributed by atoms with Gasteiger partial charge in [0, 0.05) is 11.8 Å². The Balaban J connectivity index is 1.89. The van der Waals surface area contributed by atoms with E-state index >= 15 is 0 Å². The van der Waals surface area contributed by atoms with Gasteiger partial charge in [0.2, 0.25) is 0 Å². The fourth-order valence-corrected chi connectivity index (χ4v) is 3.58. The Morgan fingerprint density at radius 2 is 1.55 bits per heavy atom. The van der Waals surface area contributed by atoms with Crippen molar-refractivity contribution in [1.82, 2.24) is 0 Å². The van der Waals surface area contributed by atoms with Crippen LogP contribution in [0.5, 0.6) is 0 Å². The molecule has 0 bridgehead atoms. The third-order valence-electron chi connectivity index (χ3n) is 4.98. The third kappa shape index (κ3) is 3.70. The Labute approximate surface area is 176 Å². The Kier molecular flexibility index (Phi) is 5.10. The molecule has 1 N–H and O–H groups in total. The van der Waals surface area contributed by atoms with Gasteiger partial charge in [-0.2, -0.15) is 0 Å². The first kappa shape index (κ1) is 20.4. The molecule has 0 fully saturated rings. The number of amides is 2. The molecule has 7 heteroatoms. The van der Waals surface area contributed by atoms with Crippen molar-refractivity contribution in [1.29, 1.82) is 0 Å². The van der Waals surface area contributed by atoms with Crippen molar-refractivity contribution in [2.45, 2.75) is 13.8 Å². The van der Waals surface area contributed by atoms with Crippen molar-refractivity contribution in [3.05, 3.63) is 101 Å². The minimum Gasteiger partial charge on any atom is -0.350 e. The van der Waals surface area contributed by atoms with E-state index in [-0.39, 0.29) is 17.0 Å². The maximum absolute atomic E-state index is 14.4. The molecule has 1 aliphatic rings. The molecule has 0 atom stereocenters. The molecule has 0 unspecified atom stereocenters. The van der Waals surface area contributed by atoms with E-state index in [1.54, 1.807) is 19.1 Å². The lowest BCUT2D eigenvalue weighted by Gasteiger charge is -2.16. The molecule has 3 aromatic carbocycles. The summed E-state index contributed by atoms with van der Waals surface area (Å²) in [5, 5.41) is 2.80. The fourth-order valence-electron chi connectivity index (χ4n) is 3.58. The topological polar surface area (TPSA) is 49.4 Å². The summed E-state index contributed by atoms with van der Waals surface area (Å²) in [6, 6.07) is 13.2. The minimum atomic E-state index is -0.921. The van der Waals surface area contributed by atoms with Crippen LogP contribution in [0.1, 0.15) is 16.7 Å². The summed E-state index contributed by atoms with van der Waals surface area (Å²) in [5.41, 5.74) is 1.72. The van der Waals surface area contributed by atoms with Crippen molar-refractivity contribution in [3.63, 3.8) is 0 Å². The number of nitrogens with zero attached hydrogens (tertiary/aromatic N) is 1. The molecule has 4 nitrogen and oxygen atoms in total. The summed E-state index contributed by atoms with van der Waals surface area (Å²) in [6.45, 7) is 3.66. The average molecular weight is 422 g/mol. The van der Waals surface area contributed by atoms with Gasteiger partial charge in [-0.25, -0.2) is 18.1 Å². The molecular formula is C24H17F3N2O2. The first-order valence-electron chi connectivity index (χ1n) is 9.44. The normalized spacial score (nSPS) is 13.9. The van der Waals surface area contributed by atoms with Crippen LogP contribution in [-0.2, 0) is 9.59 Å². The van der Waals surface area contributed by atoms with Crippen molar-refractivity contribution in [3.8, 4) is 0 Å². The number of rotatable bonds is 4. The highest BCUT2D eigenvalue weighted by atomic mass is 19.1. The van der Waals surface area contributed by atoms with Crippen LogP contribution in [0, 0.1) is 31.3 Å². The summed E-state index contributed by atoms with van der Waals surface area (Å²) < 4.78 is 41.9. The number of hydrogen-bond donors (Lipinski definition) is 1. The van der Waals surface area contributed by atoms with Crippen molar-refractivity contribution in [2.24, 2.45) is 0 Å². The van der Waals surface area contributed by atoms with Gasteiger partial charge in [0.1, 0.15) is 23.1 Å². The van der Waals surface area contributed by atoms with Crippen LogP contribution in [0.3, 0.4) is 0 Å². The van der Waals surface area contributed by atoms with Crippen LogP contribution in [0.4, 0.5) is 24.5 Å². The van der Waals surface area contributed by atoms with Crippen LogP contribution in [0.2, 0.25) is 0 Å². The second-order valence-corrected chi connectivity index (χ2v) is 7.25. The van der Waals surface area contributed by atoms with Gasteiger partial charge in [0.05, 0.1) is 11.3 Å². The summed E-state index contributed by atoms with van der Waals surface area (Å²) >= 11 is 0. The molecule has 0 aliphatic carbocycles. The van der Waals surface area contributed by atoms with E-state index in [0.29, 0.717) is 10.5 Å². The van der Waals surface area contributed by atoms with E-state index < -0.39 is 35.0 Å². The van der Waals surface area contributed by atoms with E-state index in [4.69, 9.17) is 0 Å². The smallest absolute Gasteiger partial charge is 0.282 e. The van der Waals surface area contributed by atoms with Crippen LogP contribution < -0.4 is 10.2 Å². The summed E-state index contributed by atoms with van der Waals surface area (Å²) in [7, 11) is 0. The van der Waals surface area contributed by atoms with E-state index in [0.717, 1.165) is 35.4 Å². The second-order valence-electron chi connectivity index (χ2n) is 7.25. The quantitative estimate of drug-likeness (QED) is 0.594. The summed E-state index contributed by atoms with van der Waals surface area (Å²) in [6.07, 6.45) is 0. The highest BCUT2D eigenvalue weighted by Crippen LogP contribution is 2.36. The van der Waals surface area contributed by atoms with Crippen LogP contribution in [0.15, 0.2) is 66.4 Å². The number of halogens is 3. The van der Waals surface area contributed by atoms with Gasteiger partial charge >= 0.3 is 0 Å². The highest BCUT2D eigenvalue weighted by molar-refractivity contribution is 6.46. The second kappa shape index (κ2) is 7.75. The maximum Gasteiger partial charge on any atom is 0.282 e. The molecule has 3 aromatic rings. The minimum absolute atomic E-state index is 0.00424. The van der Waals surface area contributed by atoms with Crippen molar-refractivity contribution >= 4 is 28.8 Å². The number of benzene rings is 3. The first-order chi connectivity index (χ1) is 14.8. The molecule has 1 aliphatic heterocycles. The zero-order chi connectivity index (χ0) is 22.3. The number of imide groups is 1. The Morgan fingerprint density at radius 3 is 2.26 bits per heavy atom. The van der Waals surface area contributed by atoms with E-state index in [2.05, 4.69) is 5.32 Å². The van der Waals surface area contributed by atoms with Crippen LogP contribution in [-0.4, -0.2) is 11.8 Å². The Morgan fingerprint density at radius 1 is 0.806 bits per heavy atom. The Bertz CT molecular complexity index is 1270. The van der Waals surface area contributed by atoms with Gasteiger partial charge in [-0.15, -0.1) is 0 Å².